The SMILES string of the molecule is COc1ccc(S(=O)(=O)NC2CC=CC2)cc1C(=O)O. The third-order valence-corrected chi connectivity index (χ3v) is 4.56. The van der Waals surface area contributed by atoms with Crippen molar-refractivity contribution < 1.29 is 23.1 Å². The molecule has 0 unspecified atom stereocenters. The fourth-order valence-corrected chi connectivity index (χ4v) is 3.31. The Hall–Kier alpha value is -1.86. The van der Waals surface area contributed by atoms with Gasteiger partial charge < -0.3 is 9.84 Å². The van der Waals surface area contributed by atoms with E-state index in [1.54, 1.807) is 0 Å². The van der Waals surface area contributed by atoms with Crippen LogP contribution in [-0.4, -0.2) is 32.6 Å². The molecule has 0 fully saturated rings. The highest BCUT2D eigenvalue weighted by Crippen LogP contribution is 2.23. The molecule has 1 aliphatic carbocycles. The van der Waals surface area contributed by atoms with E-state index in [2.05, 4.69) is 4.72 Å². The molecular formula is C13H15NO5S. The molecule has 0 spiro atoms. The second kappa shape index (κ2) is 5.64. The van der Waals surface area contributed by atoms with Gasteiger partial charge in [-0.05, 0) is 31.0 Å². The van der Waals surface area contributed by atoms with E-state index >= 15 is 0 Å². The number of carbonyl (C=O) groups is 1. The van der Waals surface area contributed by atoms with Gasteiger partial charge >= 0.3 is 5.97 Å². The second-order valence-electron chi connectivity index (χ2n) is 4.43. The molecule has 6 nitrogen and oxygen atoms in total. The van der Waals surface area contributed by atoms with Gasteiger partial charge in [0, 0.05) is 6.04 Å². The third-order valence-electron chi connectivity index (χ3n) is 3.04. The highest BCUT2D eigenvalue weighted by atomic mass is 32.2. The lowest BCUT2D eigenvalue weighted by Crippen LogP contribution is -2.33. The topological polar surface area (TPSA) is 92.7 Å². The quantitative estimate of drug-likeness (QED) is 0.801. The molecule has 0 atom stereocenters. The number of hydrogen-bond acceptors (Lipinski definition) is 4. The van der Waals surface area contributed by atoms with Crippen molar-refractivity contribution in [3.8, 4) is 5.75 Å². The Morgan fingerprint density at radius 2 is 2.00 bits per heavy atom. The Labute approximate surface area is 117 Å². The van der Waals surface area contributed by atoms with Gasteiger partial charge in [0.25, 0.3) is 0 Å². The summed E-state index contributed by atoms with van der Waals surface area (Å²) >= 11 is 0. The Balaban J connectivity index is 2.31. The second-order valence-corrected chi connectivity index (χ2v) is 6.14. The Morgan fingerprint density at radius 1 is 1.35 bits per heavy atom. The number of sulfonamides is 1. The average Bonchev–Trinajstić information content (AvgIpc) is 2.89. The fraction of sp³-hybridized carbons (Fsp3) is 0.308. The number of aromatic carboxylic acids is 1. The normalized spacial score (nSPS) is 15.4. The summed E-state index contributed by atoms with van der Waals surface area (Å²) in [6, 6.07) is 3.60. The van der Waals surface area contributed by atoms with Crippen LogP contribution in [0.4, 0.5) is 0 Å². The molecule has 1 aromatic rings. The Bertz CT molecular complexity index is 643. The lowest BCUT2D eigenvalue weighted by Gasteiger charge is -2.13. The van der Waals surface area contributed by atoms with E-state index in [0.29, 0.717) is 12.8 Å². The largest absolute Gasteiger partial charge is 0.496 e. The molecule has 2 rings (SSSR count). The van der Waals surface area contributed by atoms with Gasteiger partial charge in [-0.3, -0.25) is 0 Å². The number of methoxy groups -OCH3 is 1. The van der Waals surface area contributed by atoms with Crippen molar-refractivity contribution in [1.82, 2.24) is 4.72 Å². The van der Waals surface area contributed by atoms with Crippen molar-refractivity contribution in [1.29, 1.82) is 0 Å². The van der Waals surface area contributed by atoms with E-state index in [4.69, 9.17) is 9.84 Å². The minimum absolute atomic E-state index is 0.0809. The van der Waals surface area contributed by atoms with Gasteiger partial charge in [0.05, 0.1) is 12.0 Å². The molecule has 0 heterocycles. The predicted molar refractivity (Wildman–Crippen MR) is 72.4 cm³/mol. The van der Waals surface area contributed by atoms with E-state index in [-0.39, 0.29) is 22.3 Å². The monoisotopic (exact) mass is 297 g/mol. The van der Waals surface area contributed by atoms with Crippen LogP contribution in [0.3, 0.4) is 0 Å². The fourth-order valence-electron chi connectivity index (χ4n) is 2.02. The van der Waals surface area contributed by atoms with Crippen LogP contribution in [0, 0.1) is 0 Å². The van der Waals surface area contributed by atoms with Gasteiger partial charge in [-0.15, -0.1) is 0 Å². The minimum Gasteiger partial charge on any atom is -0.496 e. The van der Waals surface area contributed by atoms with Gasteiger partial charge in [-0.1, -0.05) is 12.2 Å². The summed E-state index contributed by atoms with van der Waals surface area (Å²) in [6.45, 7) is 0. The van der Waals surface area contributed by atoms with Gasteiger partial charge in [-0.25, -0.2) is 17.9 Å². The number of ether oxygens (including phenoxy) is 1. The minimum atomic E-state index is -3.73. The zero-order valence-electron chi connectivity index (χ0n) is 10.9. The summed E-state index contributed by atoms with van der Waals surface area (Å²) in [6.07, 6.45) is 5.09. The lowest BCUT2D eigenvalue weighted by molar-refractivity contribution is 0.0693. The number of rotatable bonds is 5. The van der Waals surface area contributed by atoms with E-state index < -0.39 is 16.0 Å². The molecule has 0 saturated carbocycles. The highest BCUT2D eigenvalue weighted by Gasteiger charge is 2.23. The van der Waals surface area contributed by atoms with E-state index in [1.807, 2.05) is 12.2 Å². The smallest absolute Gasteiger partial charge is 0.339 e. The first-order chi connectivity index (χ1) is 9.44. The van der Waals surface area contributed by atoms with Crippen molar-refractivity contribution in [2.75, 3.05) is 7.11 Å². The maximum absolute atomic E-state index is 12.2. The van der Waals surface area contributed by atoms with E-state index in [1.165, 1.54) is 19.2 Å². The molecule has 0 saturated heterocycles. The van der Waals surface area contributed by atoms with Crippen molar-refractivity contribution in [2.45, 2.75) is 23.8 Å². The van der Waals surface area contributed by atoms with Crippen LogP contribution in [0.2, 0.25) is 0 Å². The number of hydrogen-bond donors (Lipinski definition) is 2. The van der Waals surface area contributed by atoms with Crippen LogP contribution in [0.1, 0.15) is 23.2 Å². The van der Waals surface area contributed by atoms with Crippen LogP contribution in [0.5, 0.6) is 5.75 Å². The molecule has 0 bridgehead atoms. The van der Waals surface area contributed by atoms with Gasteiger partial charge in [0.2, 0.25) is 10.0 Å². The standard InChI is InChI=1S/C13H15NO5S/c1-19-12-7-6-10(8-11(12)13(15)16)20(17,18)14-9-4-2-3-5-9/h2-3,6-9,14H,4-5H2,1H3,(H,15,16). The molecule has 0 radical (unpaired) electrons. The summed E-state index contributed by atoms with van der Waals surface area (Å²) < 4.78 is 31.8. The van der Waals surface area contributed by atoms with Gasteiger partial charge in [0.1, 0.15) is 11.3 Å². The molecule has 1 aliphatic rings. The maximum atomic E-state index is 12.2. The van der Waals surface area contributed by atoms with Crippen LogP contribution >= 0.6 is 0 Å². The van der Waals surface area contributed by atoms with Crippen molar-refractivity contribution in [3.63, 3.8) is 0 Å². The Morgan fingerprint density at radius 3 is 2.55 bits per heavy atom. The first kappa shape index (κ1) is 14.5. The number of nitrogens with one attached hydrogen (secondary N) is 1. The van der Waals surface area contributed by atoms with Crippen molar-refractivity contribution in [2.24, 2.45) is 0 Å². The first-order valence-corrected chi connectivity index (χ1v) is 7.51. The van der Waals surface area contributed by atoms with Crippen LogP contribution in [-0.2, 0) is 10.0 Å². The molecule has 1 aromatic carbocycles. The summed E-state index contributed by atoms with van der Waals surface area (Å²) in [5, 5.41) is 9.07. The highest BCUT2D eigenvalue weighted by molar-refractivity contribution is 7.89. The maximum Gasteiger partial charge on any atom is 0.339 e. The van der Waals surface area contributed by atoms with E-state index in [9.17, 15) is 13.2 Å². The average molecular weight is 297 g/mol. The van der Waals surface area contributed by atoms with Crippen LogP contribution in [0.25, 0.3) is 0 Å². The third kappa shape index (κ3) is 3.00. The summed E-state index contributed by atoms with van der Waals surface area (Å²) in [5.74, 6) is -1.11. The molecular weight excluding hydrogens is 282 g/mol. The molecule has 20 heavy (non-hydrogen) atoms. The van der Waals surface area contributed by atoms with Crippen molar-refractivity contribution >= 4 is 16.0 Å². The van der Waals surface area contributed by atoms with Gasteiger partial charge in [-0.2, -0.15) is 0 Å². The zero-order valence-corrected chi connectivity index (χ0v) is 11.7. The van der Waals surface area contributed by atoms with E-state index in [0.717, 1.165) is 6.07 Å². The molecule has 108 valence electrons. The Kier molecular flexibility index (Phi) is 4.10. The summed E-state index contributed by atoms with van der Waals surface area (Å²) in [5.41, 5.74) is -0.181. The number of benzene rings is 1. The molecule has 7 heteroatoms. The first-order valence-electron chi connectivity index (χ1n) is 6.02. The van der Waals surface area contributed by atoms with Crippen LogP contribution in [0.15, 0.2) is 35.2 Å². The molecule has 0 amide bonds. The van der Waals surface area contributed by atoms with Crippen molar-refractivity contribution in [3.05, 3.63) is 35.9 Å². The molecule has 0 aromatic heterocycles. The van der Waals surface area contributed by atoms with Crippen LogP contribution < -0.4 is 9.46 Å². The summed E-state index contributed by atoms with van der Waals surface area (Å²) in [7, 11) is -2.40. The lowest BCUT2D eigenvalue weighted by atomic mass is 10.2. The molecule has 0 aliphatic heterocycles. The predicted octanol–water partition coefficient (Wildman–Crippen LogP) is 1.39. The zero-order chi connectivity index (χ0) is 14.8. The number of carboxylic acid groups (broad SMARTS) is 1. The van der Waals surface area contributed by atoms with Gasteiger partial charge in [0.15, 0.2) is 0 Å². The number of carboxylic acids is 1. The summed E-state index contributed by atoms with van der Waals surface area (Å²) in [4.78, 5) is 11.0. The molecule has 2 N–H and O–H groups in total.